The first-order chi connectivity index (χ1) is 7.61. The summed E-state index contributed by atoms with van der Waals surface area (Å²) in [6.07, 6.45) is -2.76. The largest absolute Gasteiger partial charge is 0.396 e. The molecule has 0 spiro atoms. The average Bonchev–Trinajstić information content (AvgIpc) is 2.29. The Morgan fingerprint density at radius 3 is 2.62 bits per heavy atom. The molecule has 5 heteroatoms. The third kappa shape index (κ3) is 2.55. The summed E-state index contributed by atoms with van der Waals surface area (Å²) >= 11 is 0. The predicted octanol–water partition coefficient (Wildman–Crippen LogP) is 0.474. The van der Waals surface area contributed by atoms with Crippen LogP contribution in [0.3, 0.4) is 0 Å². The summed E-state index contributed by atoms with van der Waals surface area (Å²) in [6, 6.07) is 5.64. The molecule has 0 aliphatic rings. The third-order valence-electron chi connectivity index (χ3n) is 2.26. The van der Waals surface area contributed by atoms with Crippen molar-refractivity contribution in [1.29, 1.82) is 5.26 Å². The Kier molecular flexibility index (Phi) is 4.38. The minimum Gasteiger partial charge on any atom is -0.396 e. The Balaban J connectivity index is 3.00. The predicted molar refractivity (Wildman–Crippen MR) is 53.8 cm³/mol. The standard InChI is InChI=1S/C11H12FNO3/c12-10-7(6-13)2-1-3-8(10)11(16)9(15)4-5-14/h1-3,9,11,14-16H,4-5H2. The van der Waals surface area contributed by atoms with E-state index in [2.05, 4.69) is 0 Å². The van der Waals surface area contributed by atoms with Crippen LogP contribution in [-0.4, -0.2) is 28.0 Å². The van der Waals surface area contributed by atoms with Gasteiger partial charge in [0.2, 0.25) is 0 Å². The van der Waals surface area contributed by atoms with Crippen LogP contribution in [0.4, 0.5) is 4.39 Å². The number of benzene rings is 1. The van der Waals surface area contributed by atoms with Crippen molar-refractivity contribution >= 4 is 0 Å². The van der Waals surface area contributed by atoms with Gasteiger partial charge < -0.3 is 15.3 Å². The minimum absolute atomic E-state index is 0.0581. The van der Waals surface area contributed by atoms with Crippen molar-refractivity contribution in [2.75, 3.05) is 6.61 Å². The fourth-order valence-corrected chi connectivity index (χ4v) is 1.36. The molecule has 0 saturated carbocycles. The zero-order chi connectivity index (χ0) is 12.1. The fourth-order valence-electron chi connectivity index (χ4n) is 1.36. The highest BCUT2D eigenvalue weighted by Gasteiger charge is 2.22. The Labute approximate surface area is 92.2 Å². The maximum atomic E-state index is 13.6. The van der Waals surface area contributed by atoms with E-state index >= 15 is 0 Å². The van der Waals surface area contributed by atoms with Crippen LogP contribution in [0.1, 0.15) is 23.7 Å². The van der Waals surface area contributed by atoms with E-state index in [9.17, 15) is 14.6 Å². The van der Waals surface area contributed by atoms with Crippen molar-refractivity contribution in [2.24, 2.45) is 0 Å². The number of rotatable bonds is 4. The van der Waals surface area contributed by atoms with Crippen LogP contribution < -0.4 is 0 Å². The van der Waals surface area contributed by atoms with Gasteiger partial charge in [-0.1, -0.05) is 12.1 Å². The second-order valence-electron chi connectivity index (χ2n) is 3.35. The second kappa shape index (κ2) is 5.56. The Morgan fingerprint density at radius 1 is 1.38 bits per heavy atom. The first kappa shape index (κ1) is 12.6. The molecule has 0 fully saturated rings. The van der Waals surface area contributed by atoms with Crippen molar-refractivity contribution in [1.82, 2.24) is 0 Å². The van der Waals surface area contributed by atoms with Crippen LogP contribution in [0.25, 0.3) is 0 Å². The lowest BCUT2D eigenvalue weighted by atomic mass is 10.00. The molecule has 86 valence electrons. The normalized spacial score (nSPS) is 14.2. The smallest absolute Gasteiger partial charge is 0.146 e. The molecule has 0 heterocycles. The maximum Gasteiger partial charge on any atom is 0.146 e. The van der Waals surface area contributed by atoms with Crippen LogP contribution >= 0.6 is 0 Å². The Bertz CT molecular complexity index is 403. The van der Waals surface area contributed by atoms with Crippen molar-refractivity contribution in [3.63, 3.8) is 0 Å². The number of halogens is 1. The van der Waals surface area contributed by atoms with E-state index in [1.54, 1.807) is 6.07 Å². The lowest BCUT2D eigenvalue weighted by molar-refractivity contribution is 0.00234. The number of hydrogen-bond acceptors (Lipinski definition) is 4. The number of aliphatic hydroxyl groups excluding tert-OH is 3. The van der Waals surface area contributed by atoms with Gasteiger partial charge in [-0.3, -0.25) is 0 Å². The molecule has 16 heavy (non-hydrogen) atoms. The molecule has 0 aromatic heterocycles. The van der Waals surface area contributed by atoms with Gasteiger partial charge >= 0.3 is 0 Å². The zero-order valence-corrected chi connectivity index (χ0v) is 8.47. The quantitative estimate of drug-likeness (QED) is 0.695. The monoisotopic (exact) mass is 225 g/mol. The fraction of sp³-hybridized carbons (Fsp3) is 0.364. The number of aliphatic hydroxyl groups is 3. The highest BCUT2D eigenvalue weighted by Crippen LogP contribution is 2.23. The molecule has 2 atom stereocenters. The summed E-state index contributed by atoms with van der Waals surface area (Å²) in [5.74, 6) is -0.838. The molecule has 0 amide bonds. The summed E-state index contributed by atoms with van der Waals surface area (Å²) in [7, 11) is 0. The summed E-state index contributed by atoms with van der Waals surface area (Å²) in [6.45, 7) is -0.308. The van der Waals surface area contributed by atoms with Gasteiger partial charge in [-0.25, -0.2) is 4.39 Å². The Morgan fingerprint density at radius 2 is 2.06 bits per heavy atom. The van der Waals surface area contributed by atoms with Gasteiger partial charge in [-0.05, 0) is 12.5 Å². The SMILES string of the molecule is N#Cc1cccc(C(O)C(O)CCO)c1F. The van der Waals surface area contributed by atoms with Gasteiger partial charge in [-0.2, -0.15) is 5.26 Å². The molecule has 0 aliphatic carbocycles. The molecule has 0 bridgehead atoms. The second-order valence-corrected chi connectivity index (χ2v) is 3.35. The number of nitriles is 1. The van der Waals surface area contributed by atoms with Crippen LogP contribution in [0.2, 0.25) is 0 Å². The van der Waals surface area contributed by atoms with Gasteiger partial charge in [-0.15, -0.1) is 0 Å². The molecular formula is C11H12FNO3. The molecule has 1 aromatic rings. The summed E-state index contributed by atoms with van der Waals surface area (Å²) in [4.78, 5) is 0. The van der Waals surface area contributed by atoms with Crippen LogP contribution in [0, 0.1) is 17.1 Å². The molecule has 0 radical (unpaired) electrons. The van der Waals surface area contributed by atoms with Gasteiger partial charge in [0.05, 0.1) is 11.7 Å². The van der Waals surface area contributed by atoms with E-state index in [1.807, 2.05) is 0 Å². The first-order valence-electron chi connectivity index (χ1n) is 4.77. The van der Waals surface area contributed by atoms with E-state index in [0.29, 0.717) is 0 Å². The third-order valence-corrected chi connectivity index (χ3v) is 2.26. The molecule has 2 unspecified atom stereocenters. The summed E-state index contributed by atoms with van der Waals surface area (Å²) in [5.41, 5.74) is -0.326. The van der Waals surface area contributed by atoms with E-state index < -0.39 is 18.0 Å². The topological polar surface area (TPSA) is 84.5 Å². The lowest BCUT2D eigenvalue weighted by Crippen LogP contribution is -2.20. The molecule has 1 rings (SSSR count). The molecule has 0 saturated heterocycles. The summed E-state index contributed by atoms with van der Waals surface area (Å²) < 4.78 is 13.6. The maximum absolute atomic E-state index is 13.6. The van der Waals surface area contributed by atoms with Crippen molar-refractivity contribution < 1.29 is 19.7 Å². The highest BCUT2D eigenvalue weighted by molar-refractivity contribution is 5.36. The zero-order valence-electron chi connectivity index (χ0n) is 8.47. The van der Waals surface area contributed by atoms with Crippen molar-refractivity contribution in [3.05, 3.63) is 35.1 Å². The minimum atomic E-state index is -1.44. The molecule has 0 aliphatic heterocycles. The Hall–Kier alpha value is -1.48. The highest BCUT2D eigenvalue weighted by atomic mass is 19.1. The summed E-state index contributed by atoms with van der Waals surface area (Å²) in [5, 5.41) is 36.2. The average molecular weight is 225 g/mol. The van der Waals surface area contributed by atoms with Gasteiger partial charge in [0, 0.05) is 12.2 Å². The van der Waals surface area contributed by atoms with E-state index in [1.165, 1.54) is 18.2 Å². The van der Waals surface area contributed by atoms with Gasteiger partial charge in [0.15, 0.2) is 0 Å². The van der Waals surface area contributed by atoms with Gasteiger partial charge in [0.25, 0.3) is 0 Å². The molecule has 4 nitrogen and oxygen atoms in total. The van der Waals surface area contributed by atoms with Gasteiger partial charge in [0.1, 0.15) is 18.0 Å². The van der Waals surface area contributed by atoms with Crippen molar-refractivity contribution in [2.45, 2.75) is 18.6 Å². The molecular weight excluding hydrogens is 213 g/mol. The van der Waals surface area contributed by atoms with E-state index in [4.69, 9.17) is 10.4 Å². The van der Waals surface area contributed by atoms with Crippen LogP contribution in [0.5, 0.6) is 0 Å². The first-order valence-corrected chi connectivity index (χ1v) is 4.77. The lowest BCUT2D eigenvalue weighted by Gasteiger charge is -2.17. The van der Waals surface area contributed by atoms with Crippen molar-refractivity contribution in [3.8, 4) is 6.07 Å². The molecule has 1 aromatic carbocycles. The van der Waals surface area contributed by atoms with E-state index in [0.717, 1.165) is 0 Å². The number of nitrogens with zero attached hydrogens (tertiary/aromatic N) is 1. The van der Waals surface area contributed by atoms with Crippen LogP contribution in [-0.2, 0) is 0 Å². The van der Waals surface area contributed by atoms with E-state index in [-0.39, 0.29) is 24.2 Å². The molecule has 3 N–H and O–H groups in total. The number of hydrogen-bond donors (Lipinski definition) is 3. The van der Waals surface area contributed by atoms with Crippen LogP contribution in [0.15, 0.2) is 18.2 Å².